The van der Waals surface area contributed by atoms with Crippen molar-refractivity contribution in [3.63, 3.8) is 0 Å². The zero-order chi connectivity index (χ0) is 12.8. The van der Waals surface area contributed by atoms with Crippen molar-refractivity contribution in [1.82, 2.24) is 10.9 Å². The van der Waals surface area contributed by atoms with Crippen molar-refractivity contribution in [3.05, 3.63) is 0 Å². The van der Waals surface area contributed by atoms with Crippen LogP contribution >= 0.6 is 0 Å². The molecule has 2 heterocycles. The Morgan fingerprint density at radius 1 is 0.944 bits per heavy atom. The van der Waals surface area contributed by atoms with Crippen molar-refractivity contribution in [3.8, 4) is 0 Å². The average molecular weight is 248 g/mol. The van der Waals surface area contributed by atoms with Gasteiger partial charge in [0.1, 0.15) is 0 Å². The lowest BCUT2D eigenvalue weighted by molar-refractivity contribution is 0.813. The van der Waals surface area contributed by atoms with Crippen molar-refractivity contribution < 1.29 is 0 Å². The molecule has 18 heavy (non-hydrogen) atoms. The van der Waals surface area contributed by atoms with Gasteiger partial charge in [-0.2, -0.15) is 10.2 Å². The third-order valence-electron chi connectivity index (χ3n) is 3.01. The largest absolute Gasteiger partial charge is 0.309 e. The molecule has 0 aliphatic carbocycles. The number of hydrazone groups is 2. The number of aliphatic imine (C=N–C) groups is 2. The van der Waals surface area contributed by atoms with Crippen molar-refractivity contribution in [2.75, 3.05) is 26.2 Å². The summed E-state index contributed by atoms with van der Waals surface area (Å²) >= 11 is 0. The molecule has 0 spiro atoms. The second-order valence-corrected chi connectivity index (χ2v) is 4.37. The van der Waals surface area contributed by atoms with Gasteiger partial charge in [-0.3, -0.25) is 9.98 Å². The third-order valence-corrected chi connectivity index (χ3v) is 3.01. The molecule has 0 bridgehead atoms. The van der Waals surface area contributed by atoms with E-state index >= 15 is 0 Å². The molecule has 0 aromatic heterocycles. The summed E-state index contributed by atoms with van der Waals surface area (Å²) in [6, 6.07) is 0. The fourth-order valence-corrected chi connectivity index (χ4v) is 1.90. The predicted octanol–water partition coefficient (Wildman–Crippen LogP) is 0.607. The molecule has 6 heteroatoms. The number of hydrogen-bond acceptors (Lipinski definition) is 6. The molecule has 2 rings (SSSR count). The summed E-state index contributed by atoms with van der Waals surface area (Å²) in [5.41, 5.74) is 10.1. The molecule has 2 aliphatic rings. The molecular weight excluding hydrogens is 228 g/mol. The van der Waals surface area contributed by atoms with Crippen LogP contribution in [0.4, 0.5) is 0 Å². The summed E-state index contributed by atoms with van der Waals surface area (Å²) in [7, 11) is 0. The smallest absolute Gasteiger partial charge is 0.0828 e. The quantitative estimate of drug-likeness (QED) is 0.552. The second-order valence-electron chi connectivity index (χ2n) is 4.37. The number of nitrogens with zero attached hydrogens (tertiary/aromatic N) is 4. The van der Waals surface area contributed by atoms with Crippen LogP contribution in [0, 0.1) is 0 Å². The van der Waals surface area contributed by atoms with Gasteiger partial charge in [0.2, 0.25) is 0 Å². The van der Waals surface area contributed by atoms with Gasteiger partial charge in [0, 0.05) is 25.9 Å². The molecule has 6 nitrogen and oxygen atoms in total. The molecule has 0 radical (unpaired) electrons. The first-order chi connectivity index (χ1) is 8.77. The third kappa shape index (κ3) is 3.38. The molecule has 2 N–H and O–H groups in total. The Hall–Kier alpha value is -1.72. The number of rotatable bonds is 5. The number of hydrogen-bond donors (Lipinski definition) is 2. The Morgan fingerprint density at radius 2 is 1.39 bits per heavy atom. The molecule has 0 aromatic carbocycles. The Bertz CT molecular complexity index is 378. The highest BCUT2D eigenvalue weighted by Crippen LogP contribution is 1.98. The predicted molar refractivity (Wildman–Crippen MR) is 76.1 cm³/mol. The molecule has 98 valence electrons. The first kappa shape index (κ1) is 12.7. The van der Waals surface area contributed by atoms with Gasteiger partial charge >= 0.3 is 0 Å². The summed E-state index contributed by atoms with van der Waals surface area (Å²) in [4.78, 5) is 8.98. The van der Waals surface area contributed by atoms with E-state index in [9.17, 15) is 0 Å². The molecule has 0 saturated carbocycles. The maximum Gasteiger partial charge on any atom is 0.0828 e. The number of nitrogens with one attached hydrogen (secondary N) is 2. The van der Waals surface area contributed by atoms with Crippen molar-refractivity contribution in [1.29, 1.82) is 0 Å². The van der Waals surface area contributed by atoms with Crippen LogP contribution in [0.25, 0.3) is 0 Å². The first-order valence-electron chi connectivity index (χ1n) is 6.39. The van der Waals surface area contributed by atoms with Crippen LogP contribution in [0.15, 0.2) is 20.2 Å². The second kappa shape index (κ2) is 6.28. The van der Waals surface area contributed by atoms with E-state index in [-0.39, 0.29) is 0 Å². The van der Waals surface area contributed by atoms with Gasteiger partial charge in [0.25, 0.3) is 0 Å². The molecule has 0 fully saturated rings. The molecular formula is C12H20N6. The molecule has 2 aliphatic heterocycles. The van der Waals surface area contributed by atoms with Crippen LogP contribution in [0.1, 0.15) is 26.7 Å². The Kier molecular flexibility index (Phi) is 4.44. The fraction of sp³-hybridized carbons (Fsp3) is 0.667. The van der Waals surface area contributed by atoms with Gasteiger partial charge in [-0.05, 0) is 13.8 Å². The van der Waals surface area contributed by atoms with Crippen molar-refractivity contribution in [2.24, 2.45) is 20.2 Å². The van der Waals surface area contributed by atoms with Gasteiger partial charge in [0.05, 0.1) is 35.9 Å². The summed E-state index contributed by atoms with van der Waals surface area (Å²) < 4.78 is 0. The van der Waals surface area contributed by atoms with E-state index in [1.54, 1.807) is 0 Å². The molecule has 0 saturated heterocycles. The average Bonchev–Trinajstić information content (AvgIpc) is 3.05. The minimum atomic E-state index is 0.711. The van der Waals surface area contributed by atoms with Crippen LogP contribution < -0.4 is 10.9 Å². The molecule has 0 aromatic rings. The van der Waals surface area contributed by atoms with Gasteiger partial charge in [0.15, 0.2) is 0 Å². The standard InChI is InChI=1S/C12H20N6/c1-9(11-3-5-15-17-11)13-7-8-14-10(2)12-4-6-16-18-12/h15-16H,3-8H2,1-2H3. The fourth-order valence-electron chi connectivity index (χ4n) is 1.90. The normalized spacial score (nSPS) is 20.3. The van der Waals surface area contributed by atoms with Gasteiger partial charge < -0.3 is 10.9 Å². The van der Waals surface area contributed by atoms with Crippen molar-refractivity contribution in [2.45, 2.75) is 26.7 Å². The lowest BCUT2D eigenvalue weighted by atomic mass is 10.2. The SMILES string of the molecule is CC(=NCCN=C(C)C1=NNCC1)C1=NNCC1. The van der Waals surface area contributed by atoms with E-state index in [0.717, 1.165) is 48.8 Å². The minimum absolute atomic E-state index is 0.711. The Balaban J connectivity index is 1.78. The van der Waals surface area contributed by atoms with Crippen molar-refractivity contribution >= 4 is 22.8 Å². The summed E-state index contributed by atoms with van der Waals surface area (Å²) in [6.07, 6.45) is 1.94. The summed E-state index contributed by atoms with van der Waals surface area (Å²) in [5, 5.41) is 8.37. The Morgan fingerprint density at radius 3 is 1.72 bits per heavy atom. The Labute approximate surface area is 107 Å². The zero-order valence-electron chi connectivity index (χ0n) is 11.0. The van der Waals surface area contributed by atoms with E-state index < -0.39 is 0 Å². The van der Waals surface area contributed by atoms with Crippen LogP contribution in [-0.2, 0) is 0 Å². The van der Waals surface area contributed by atoms with E-state index in [1.807, 2.05) is 13.8 Å². The first-order valence-corrected chi connectivity index (χ1v) is 6.39. The highest BCUT2D eigenvalue weighted by molar-refractivity contribution is 6.42. The van der Waals surface area contributed by atoms with E-state index in [1.165, 1.54) is 0 Å². The highest BCUT2D eigenvalue weighted by atomic mass is 15.3. The maximum atomic E-state index is 4.49. The monoisotopic (exact) mass is 248 g/mol. The van der Waals surface area contributed by atoms with Crippen LogP contribution in [0.2, 0.25) is 0 Å². The minimum Gasteiger partial charge on any atom is -0.309 e. The highest BCUT2D eigenvalue weighted by Gasteiger charge is 2.09. The summed E-state index contributed by atoms with van der Waals surface area (Å²) in [6.45, 7) is 7.28. The van der Waals surface area contributed by atoms with E-state index in [4.69, 9.17) is 0 Å². The van der Waals surface area contributed by atoms with Gasteiger partial charge in [-0.1, -0.05) is 0 Å². The molecule has 0 atom stereocenters. The van der Waals surface area contributed by atoms with Crippen LogP contribution in [-0.4, -0.2) is 49.0 Å². The topological polar surface area (TPSA) is 73.5 Å². The van der Waals surface area contributed by atoms with Gasteiger partial charge in [-0.25, -0.2) is 0 Å². The summed E-state index contributed by atoms with van der Waals surface area (Å²) in [5.74, 6) is 0. The lowest BCUT2D eigenvalue weighted by Gasteiger charge is -1.99. The molecule has 0 unspecified atom stereocenters. The van der Waals surface area contributed by atoms with Gasteiger partial charge in [-0.15, -0.1) is 0 Å². The van der Waals surface area contributed by atoms with E-state index in [0.29, 0.717) is 13.1 Å². The maximum absolute atomic E-state index is 4.49. The zero-order valence-corrected chi connectivity index (χ0v) is 11.0. The van der Waals surface area contributed by atoms with Crippen LogP contribution in [0.3, 0.4) is 0 Å². The lowest BCUT2D eigenvalue weighted by Crippen LogP contribution is -2.11. The van der Waals surface area contributed by atoms with E-state index in [2.05, 4.69) is 31.0 Å². The van der Waals surface area contributed by atoms with Crippen LogP contribution in [0.5, 0.6) is 0 Å². The molecule has 0 amide bonds.